The molecule has 1 N–H and O–H groups in total. The molecule has 5 heteroatoms. The molecule has 0 aliphatic carbocycles. The Labute approximate surface area is 98.1 Å². The van der Waals surface area contributed by atoms with Gasteiger partial charge in [-0.05, 0) is 12.1 Å². The Hall–Kier alpha value is -1.49. The van der Waals surface area contributed by atoms with Gasteiger partial charge in [0, 0.05) is 29.8 Å². The molecule has 1 aliphatic rings. The third-order valence-corrected chi connectivity index (χ3v) is 3.15. The standard InChI is InChI=1S/C11H11N3OS/c15-10-4-9(16)6-14(10)8-3-7-1-2-12-11(7)13-5-8/h1-3,5,9,16H,4,6H2,(H,12,13). The van der Waals surface area contributed by atoms with Crippen LogP contribution in [0.4, 0.5) is 5.69 Å². The van der Waals surface area contributed by atoms with Crippen LogP contribution in [-0.2, 0) is 4.79 Å². The van der Waals surface area contributed by atoms with E-state index in [1.165, 1.54) is 0 Å². The van der Waals surface area contributed by atoms with Gasteiger partial charge in [0.05, 0.1) is 11.9 Å². The van der Waals surface area contributed by atoms with Crippen molar-refractivity contribution in [3.05, 3.63) is 24.5 Å². The van der Waals surface area contributed by atoms with Crippen molar-refractivity contribution >= 4 is 35.3 Å². The molecule has 1 fully saturated rings. The van der Waals surface area contributed by atoms with Crippen molar-refractivity contribution in [3.63, 3.8) is 0 Å². The SMILES string of the molecule is O=C1CC(S)CN1c1cnc2[nH]ccc2c1. The fourth-order valence-corrected chi connectivity index (χ4v) is 2.33. The third-order valence-electron chi connectivity index (χ3n) is 2.80. The number of aromatic nitrogens is 2. The van der Waals surface area contributed by atoms with Gasteiger partial charge in [-0.1, -0.05) is 0 Å². The lowest BCUT2D eigenvalue weighted by Gasteiger charge is -2.15. The molecule has 1 aliphatic heterocycles. The van der Waals surface area contributed by atoms with Crippen LogP contribution in [0.5, 0.6) is 0 Å². The lowest BCUT2D eigenvalue weighted by molar-refractivity contribution is -0.117. The van der Waals surface area contributed by atoms with Gasteiger partial charge in [-0.3, -0.25) is 4.79 Å². The lowest BCUT2D eigenvalue weighted by atomic mass is 10.3. The van der Waals surface area contributed by atoms with E-state index in [2.05, 4.69) is 22.6 Å². The molecule has 3 heterocycles. The molecule has 0 aromatic carbocycles. The highest BCUT2D eigenvalue weighted by molar-refractivity contribution is 7.81. The number of hydrogen-bond donors (Lipinski definition) is 2. The lowest BCUT2D eigenvalue weighted by Crippen LogP contribution is -2.24. The van der Waals surface area contributed by atoms with E-state index in [1.54, 1.807) is 11.1 Å². The number of aromatic amines is 1. The fourth-order valence-electron chi connectivity index (χ4n) is 2.01. The average molecular weight is 233 g/mol. The van der Waals surface area contributed by atoms with Crippen LogP contribution in [0, 0.1) is 0 Å². The van der Waals surface area contributed by atoms with E-state index in [4.69, 9.17) is 0 Å². The van der Waals surface area contributed by atoms with Crippen molar-refractivity contribution in [2.75, 3.05) is 11.4 Å². The van der Waals surface area contributed by atoms with E-state index in [0.29, 0.717) is 13.0 Å². The molecule has 0 spiro atoms. The molecule has 3 rings (SSSR count). The molecule has 0 saturated carbocycles. The van der Waals surface area contributed by atoms with Crippen molar-refractivity contribution < 1.29 is 4.79 Å². The highest BCUT2D eigenvalue weighted by Crippen LogP contribution is 2.25. The largest absolute Gasteiger partial charge is 0.346 e. The van der Waals surface area contributed by atoms with Crippen molar-refractivity contribution in [3.8, 4) is 0 Å². The van der Waals surface area contributed by atoms with E-state index in [-0.39, 0.29) is 11.2 Å². The predicted octanol–water partition coefficient (Wildman–Crippen LogP) is 1.60. The maximum Gasteiger partial charge on any atom is 0.228 e. The molecule has 2 aromatic rings. The molecule has 4 nitrogen and oxygen atoms in total. The monoisotopic (exact) mass is 233 g/mol. The second-order valence-electron chi connectivity index (χ2n) is 3.97. The van der Waals surface area contributed by atoms with E-state index in [1.807, 2.05) is 18.3 Å². The number of anilines is 1. The summed E-state index contributed by atoms with van der Waals surface area (Å²) in [5.41, 5.74) is 1.70. The summed E-state index contributed by atoms with van der Waals surface area (Å²) in [6.07, 6.45) is 4.07. The number of nitrogens with zero attached hydrogens (tertiary/aromatic N) is 2. The van der Waals surface area contributed by atoms with E-state index in [0.717, 1.165) is 16.7 Å². The van der Waals surface area contributed by atoms with Crippen LogP contribution in [0.1, 0.15) is 6.42 Å². The normalized spacial score (nSPS) is 20.9. The average Bonchev–Trinajstić information content (AvgIpc) is 2.83. The number of nitrogens with one attached hydrogen (secondary N) is 1. The van der Waals surface area contributed by atoms with Gasteiger partial charge in [0.25, 0.3) is 0 Å². The number of thiol groups is 1. The van der Waals surface area contributed by atoms with Gasteiger partial charge in [-0.25, -0.2) is 4.98 Å². The van der Waals surface area contributed by atoms with Gasteiger partial charge < -0.3 is 9.88 Å². The number of hydrogen-bond acceptors (Lipinski definition) is 3. The van der Waals surface area contributed by atoms with Crippen molar-refractivity contribution in [1.82, 2.24) is 9.97 Å². The molecule has 1 unspecified atom stereocenters. The van der Waals surface area contributed by atoms with E-state index < -0.39 is 0 Å². The smallest absolute Gasteiger partial charge is 0.228 e. The van der Waals surface area contributed by atoms with Crippen LogP contribution in [-0.4, -0.2) is 27.7 Å². The first-order valence-electron chi connectivity index (χ1n) is 5.15. The second-order valence-corrected chi connectivity index (χ2v) is 4.70. The van der Waals surface area contributed by atoms with Gasteiger partial charge >= 0.3 is 0 Å². The molecule has 82 valence electrons. The maximum absolute atomic E-state index is 11.7. The Morgan fingerprint density at radius 1 is 1.56 bits per heavy atom. The van der Waals surface area contributed by atoms with Crippen LogP contribution >= 0.6 is 12.6 Å². The Bertz CT molecular complexity index is 551. The zero-order valence-corrected chi connectivity index (χ0v) is 9.45. The van der Waals surface area contributed by atoms with Crippen molar-refractivity contribution in [1.29, 1.82) is 0 Å². The summed E-state index contributed by atoms with van der Waals surface area (Å²) in [7, 11) is 0. The Kier molecular flexibility index (Phi) is 2.14. The summed E-state index contributed by atoms with van der Waals surface area (Å²) in [5, 5.41) is 1.15. The van der Waals surface area contributed by atoms with E-state index in [9.17, 15) is 4.79 Å². The van der Waals surface area contributed by atoms with Crippen LogP contribution in [0.2, 0.25) is 0 Å². The van der Waals surface area contributed by atoms with Gasteiger partial charge in [0.15, 0.2) is 0 Å². The first-order chi connectivity index (χ1) is 7.74. The molecule has 1 amide bonds. The van der Waals surface area contributed by atoms with Gasteiger partial charge in [-0.2, -0.15) is 12.6 Å². The zero-order valence-electron chi connectivity index (χ0n) is 8.55. The predicted molar refractivity (Wildman–Crippen MR) is 65.8 cm³/mol. The number of amides is 1. The van der Waals surface area contributed by atoms with Gasteiger partial charge in [0.2, 0.25) is 5.91 Å². The molecular weight excluding hydrogens is 222 g/mol. The van der Waals surface area contributed by atoms with Crippen LogP contribution in [0.25, 0.3) is 11.0 Å². The Morgan fingerprint density at radius 2 is 2.44 bits per heavy atom. The van der Waals surface area contributed by atoms with Crippen molar-refractivity contribution in [2.45, 2.75) is 11.7 Å². The minimum atomic E-state index is 0.122. The molecular formula is C11H11N3OS. The number of pyridine rings is 1. The summed E-state index contributed by atoms with van der Waals surface area (Å²) in [5.74, 6) is 0.122. The maximum atomic E-state index is 11.7. The van der Waals surface area contributed by atoms with Crippen LogP contribution < -0.4 is 4.90 Å². The fraction of sp³-hybridized carbons (Fsp3) is 0.273. The number of rotatable bonds is 1. The summed E-state index contributed by atoms with van der Waals surface area (Å²) in [4.78, 5) is 20.7. The molecule has 0 bridgehead atoms. The van der Waals surface area contributed by atoms with Crippen LogP contribution in [0.15, 0.2) is 24.5 Å². The highest BCUT2D eigenvalue weighted by atomic mass is 32.1. The quantitative estimate of drug-likeness (QED) is 0.735. The Balaban J connectivity index is 2.02. The minimum absolute atomic E-state index is 0.122. The van der Waals surface area contributed by atoms with E-state index >= 15 is 0 Å². The molecule has 1 atom stereocenters. The molecule has 0 radical (unpaired) electrons. The number of H-pyrrole nitrogens is 1. The second kappa shape index (κ2) is 3.52. The number of fused-ring (bicyclic) bond motifs is 1. The topological polar surface area (TPSA) is 49.0 Å². The Morgan fingerprint density at radius 3 is 3.19 bits per heavy atom. The van der Waals surface area contributed by atoms with Crippen LogP contribution in [0.3, 0.4) is 0 Å². The third kappa shape index (κ3) is 1.48. The van der Waals surface area contributed by atoms with Gasteiger partial charge in [0.1, 0.15) is 5.65 Å². The van der Waals surface area contributed by atoms with Crippen molar-refractivity contribution in [2.24, 2.45) is 0 Å². The number of carbonyl (C=O) groups is 1. The summed E-state index contributed by atoms with van der Waals surface area (Å²) in [6, 6.07) is 3.92. The van der Waals surface area contributed by atoms with Gasteiger partial charge in [-0.15, -0.1) is 0 Å². The summed E-state index contributed by atoms with van der Waals surface area (Å²) >= 11 is 4.33. The molecule has 1 saturated heterocycles. The first-order valence-corrected chi connectivity index (χ1v) is 5.67. The molecule has 16 heavy (non-hydrogen) atoms. The molecule has 2 aromatic heterocycles. The highest BCUT2D eigenvalue weighted by Gasteiger charge is 2.28. The summed E-state index contributed by atoms with van der Waals surface area (Å²) in [6.45, 7) is 0.666. The first kappa shape index (κ1) is 9.72. The minimum Gasteiger partial charge on any atom is -0.346 e. The zero-order chi connectivity index (χ0) is 11.1. The number of carbonyl (C=O) groups excluding carboxylic acids is 1. The summed E-state index contributed by atoms with van der Waals surface area (Å²) < 4.78 is 0.